The maximum atomic E-state index is 11.5. The summed E-state index contributed by atoms with van der Waals surface area (Å²) in [7, 11) is 0. The Hall–Kier alpha value is -1.25. The summed E-state index contributed by atoms with van der Waals surface area (Å²) < 4.78 is 5.01. The zero-order valence-electron chi connectivity index (χ0n) is 9.45. The zero-order chi connectivity index (χ0) is 11.1. The maximum absolute atomic E-state index is 11.5. The average molecular weight is 209 g/mol. The Bertz CT molecular complexity index is 280. The van der Waals surface area contributed by atoms with Crippen LogP contribution in [0.2, 0.25) is 0 Å². The highest BCUT2D eigenvalue weighted by Crippen LogP contribution is 2.05. The van der Waals surface area contributed by atoms with Crippen LogP contribution in [0.15, 0.2) is 22.8 Å². The summed E-state index contributed by atoms with van der Waals surface area (Å²) in [4.78, 5) is 11.5. The minimum atomic E-state index is -0.121. The highest BCUT2D eigenvalue weighted by Gasteiger charge is 2.11. The smallest absolute Gasteiger partial charge is 0.287 e. The first kappa shape index (κ1) is 11.8. The molecule has 1 aromatic heterocycles. The maximum Gasteiger partial charge on any atom is 0.287 e. The van der Waals surface area contributed by atoms with Crippen LogP contribution in [0.25, 0.3) is 0 Å². The van der Waals surface area contributed by atoms with E-state index >= 15 is 0 Å². The van der Waals surface area contributed by atoms with Crippen molar-refractivity contribution in [2.24, 2.45) is 0 Å². The Morgan fingerprint density at radius 3 is 2.93 bits per heavy atom. The third-order valence-electron chi connectivity index (χ3n) is 2.36. The zero-order valence-corrected chi connectivity index (χ0v) is 9.45. The van der Waals surface area contributed by atoms with Gasteiger partial charge >= 0.3 is 0 Å². The first-order valence-electron chi connectivity index (χ1n) is 5.58. The van der Waals surface area contributed by atoms with E-state index in [9.17, 15) is 4.79 Å². The molecule has 1 rings (SSSR count). The molecule has 1 heterocycles. The Kier molecular flexibility index (Phi) is 4.95. The highest BCUT2D eigenvalue weighted by molar-refractivity contribution is 5.91. The van der Waals surface area contributed by atoms with E-state index in [0.717, 1.165) is 12.8 Å². The molecule has 0 radical (unpaired) electrons. The standard InChI is InChI=1S/C12H19NO2/c1-3-4-5-7-10(2)13-12(14)11-8-6-9-15-11/h6,8-10H,3-5,7H2,1-2H3,(H,13,14)/t10-/m0/s1. The Balaban J connectivity index is 2.26. The number of hydrogen-bond donors (Lipinski definition) is 1. The summed E-state index contributed by atoms with van der Waals surface area (Å²) in [5.41, 5.74) is 0. The van der Waals surface area contributed by atoms with Crippen LogP contribution in [0.3, 0.4) is 0 Å². The largest absolute Gasteiger partial charge is 0.459 e. The molecule has 0 fully saturated rings. The van der Waals surface area contributed by atoms with Crippen LogP contribution in [0.5, 0.6) is 0 Å². The van der Waals surface area contributed by atoms with Gasteiger partial charge in [-0.05, 0) is 25.5 Å². The van der Waals surface area contributed by atoms with E-state index in [1.54, 1.807) is 12.1 Å². The molecule has 1 aromatic rings. The minimum Gasteiger partial charge on any atom is -0.459 e. The van der Waals surface area contributed by atoms with Gasteiger partial charge < -0.3 is 9.73 Å². The van der Waals surface area contributed by atoms with Gasteiger partial charge in [-0.2, -0.15) is 0 Å². The van der Waals surface area contributed by atoms with Crippen molar-refractivity contribution in [1.82, 2.24) is 5.32 Å². The van der Waals surface area contributed by atoms with E-state index in [1.807, 2.05) is 6.92 Å². The van der Waals surface area contributed by atoms with E-state index in [1.165, 1.54) is 19.1 Å². The molecule has 0 unspecified atom stereocenters. The van der Waals surface area contributed by atoms with Crippen molar-refractivity contribution in [2.45, 2.75) is 45.6 Å². The lowest BCUT2D eigenvalue weighted by Gasteiger charge is -2.12. The van der Waals surface area contributed by atoms with E-state index < -0.39 is 0 Å². The lowest BCUT2D eigenvalue weighted by molar-refractivity contribution is 0.0910. The molecular weight excluding hydrogens is 190 g/mol. The van der Waals surface area contributed by atoms with Gasteiger partial charge in [-0.25, -0.2) is 0 Å². The van der Waals surface area contributed by atoms with Gasteiger partial charge in [-0.1, -0.05) is 26.2 Å². The third kappa shape index (κ3) is 4.19. The molecule has 0 spiro atoms. The van der Waals surface area contributed by atoms with Crippen molar-refractivity contribution in [3.05, 3.63) is 24.2 Å². The van der Waals surface area contributed by atoms with Crippen LogP contribution >= 0.6 is 0 Å². The van der Waals surface area contributed by atoms with Crippen molar-refractivity contribution in [1.29, 1.82) is 0 Å². The van der Waals surface area contributed by atoms with E-state index in [0.29, 0.717) is 5.76 Å². The van der Waals surface area contributed by atoms with Crippen molar-refractivity contribution in [3.8, 4) is 0 Å². The summed E-state index contributed by atoms with van der Waals surface area (Å²) in [6.07, 6.45) is 6.13. The molecule has 1 N–H and O–H groups in total. The van der Waals surface area contributed by atoms with Gasteiger partial charge in [0, 0.05) is 6.04 Å². The van der Waals surface area contributed by atoms with Gasteiger partial charge in [0.25, 0.3) is 5.91 Å². The normalized spacial score (nSPS) is 12.4. The molecule has 0 aliphatic carbocycles. The molecule has 3 nitrogen and oxygen atoms in total. The summed E-state index contributed by atoms with van der Waals surface area (Å²) in [5, 5.41) is 2.91. The van der Waals surface area contributed by atoms with Crippen LogP contribution in [-0.2, 0) is 0 Å². The summed E-state index contributed by atoms with van der Waals surface area (Å²) >= 11 is 0. The molecule has 1 atom stereocenters. The number of furan rings is 1. The number of unbranched alkanes of at least 4 members (excludes halogenated alkanes) is 2. The molecule has 1 amide bonds. The Labute approximate surface area is 90.9 Å². The predicted molar refractivity (Wildman–Crippen MR) is 59.8 cm³/mol. The van der Waals surface area contributed by atoms with Crippen LogP contribution in [0.1, 0.15) is 50.1 Å². The van der Waals surface area contributed by atoms with Crippen molar-refractivity contribution in [2.75, 3.05) is 0 Å². The van der Waals surface area contributed by atoms with E-state index in [2.05, 4.69) is 12.2 Å². The number of amides is 1. The van der Waals surface area contributed by atoms with Gasteiger partial charge in [-0.15, -0.1) is 0 Å². The van der Waals surface area contributed by atoms with E-state index in [-0.39, 0.29) is 11.9 Å². The van der Waals surface area contributed by atoms with Gasteiger partial charge in [0.1, 0.15) is 0 Å². The fourth-order valence-corrected chi connectivity index (χ4v) is 1.48. The molecule has 15 heavy (non-hydrogen) atoms. The summed E-state index contributed by atoms with van der Waals surface area (Å²) in [5.74, 6) is 0.265. The molecule has 0 saturated carbocycles. The summed E-state index contributed by atoms with van der Waals surface area (Å²) in [6, 6.07) is 3.61. The van der Waals surface area contributed by atoms with Crippen LogP contribution in [0, 0.1) is 0 Å². The van der Waals surface area contributed by atoms with Gasteiger partial charge in [-0.3, -0.25) is 4.79 Å². The molecule has 3 heteroatoms. The number of carbonyl (C=O) groups excluding carboxylic acids is 1. The number of rotatable bonds is 6. The SMILES string of the molecule is CCCCC[C@H](C)NC(=O)c1ccco1. The van der Waals surface area contributed by atoms with Crippen LogP contribution in [-0.4, -0.2) is 11.9 Å². The number of hydrogen-bond acceptors (Lipinski definition) is 2. The summed E-state index contributed by atoms with van der Waals surface area (Å²) in [6.45, 7) is 4.20. The molecule has 84 valence electrons. The van der Waals surface area contributed by atoms with Crippen LogP contribution < -0.4 is 5.32 Å². The first-order valence-corrected chi connectivity index (χ1v) is 5.58. The van der Waals surface area contributed by atoms with Crippen molar-refractivity contribution >= 4 is 5.91 Å². The Morgan fingerprint density at radius 1 is 1.53 bits per heavy atom. The number of carbonyl (C=O) groups is 1. The quantitative estimate of drug-likeness (QED) is 0.732. The van der Waals surface area contributed by atoms with Gasteiger partial charge in [0.15, 0.2) is 5.76 Å². The monoisotopic (exact) mass is 209 g/mol. The first-order chi connectivity index (χ1) is 7.24. The fraction of sp³-hybridized carbons (Fsp3) is 0.583. The van der Waals surface area contributed by atoms with E-state index in [4.69, 9.17) is 4.42 Å². The lowest BCUT2D eigenvalue weighted by atomic mass is 10.1. The average Bonchev–Trinajstić information content (AvgIpc) is 2.70. The van der Waals surface area contributed by atoms with Gasteiger partial charge in [0.05, 0.1) is 6.26 Å². The molecule has 0 aliphatic heterocycles. The van der Waals surface area contributed by atoms with Crippen molar-refractivity contribution < 1.29 is 9.21 Å². The molecule has 0 aliphatic rings. The third-order valence-corrected chi connectivity index (χ3v) is 2.36. The molecule has 0 bridgehead atoms. The molecular formula is C12H19NO2. The number of nitrogens with one attached hydrogen (secondary N) is 1. The minimum absolute atomic E-state index is 0.121. The molecule has 0 saturated heterocycles. The molecule has 0 aromatic carbocycles. The predicted octanol–water partition coefficient (Wildman–Crippen LogP) is 2.98. The second-order valence-electron chi connectivity index (χ2n) is 3.85. The fourth-order valence-electron chi connectivity index (χ4n) is 1.48. The highest BCUT2D eigenvalue weighted by atomic mass is 16.3. The lowest BCUT2D eigenvalue weighted by Crippen LogP contribution is -2.32. The Morgan fingerprint density at radius 2 is 2.33 bits per heavy atom. The van der Waals surface area contributed by atoms with Crippen molar-refractivity contribution in [3.63, 3.8) is 0 Å². The second kappa shape index (κ2) is 6.27. The topological polar surface area (TPSA) is 42.2 Å². The second-order valence-corrected chi connectivity index (χ2v) is 3.85. The van der Waals surface area contributed by atoms with Crippen LogP contribution in [0.4, 0.5) is 0 Å². The van der Waals surface area contributed by atoms with Gasteiger partial charge in [0.2, 0.25) is 0 Å².